The first kappa shape index (κ1) is 18.9. The monoisotopic (exact) mass is 379 g/mol. The standard InChI is InChI=1S/C24H29NO3/c1-16-8-11-22-20(12-16)21(14-24(2,3)28-22)25-23(26)15-27-19-10-9-17-6-4-5-7-18(17)13-19/h8-13,21H,4-7,14-15H2,1-3H3,(H,25,26)/t21-/m1/s1. The minimum Gasteiger partial charge on any atom is -0.487 e. The lowest BCUT2D eigenvalue weighted by Crippen LogP contribution is -2.42. The molecule has 0 spiro atoms. The van der Waals surface area contributed by atoms with Crippen molar-refractivity contribution in [3.63, 3.8) is 0 Å². The Balaban J connectivity index is 1.42. The molecule has 28 heavy (non-hydrogen) atoms. The van der Waals surface area contributed by atoms with E-state index in [2.05, 4.69) is 44.3 Å². The van der Waals surface area contributed by atoms with E-state index >= 15 is 0 Å². The van der Waals surface area contributed by atoms with Crippen molar-refractivity contribution in [2.45, 2.75) is 64.5 Å². The lowest BCUT2D eigenvalue weighted by atomic mass is 9.89. The Morgan fingerprint density at radius 1 is 1.14 bits per heavy atom. The number of ether oxygens (including phenoxy) is 2. The number of aryl methyl sites for hydroxylation is 3. The van der Waals surface area contributed by atoms with E-state index < -0.39 is 0 Å². The van der Waals surface area contributed by atoms with E-state index in [0.29, 0.717) is 0 Å². The number of carbonyl (C=O) groups is 1. The maximum Gasteiger partial charge on any atom is 0.258 e. The van der Waals surface area contributed by atoms with E-state index in [0.717, 1.165) is 41.9 Å². The molecule has 0 unspecified atom stereocenters. The molecular formula is C24H29NO3. The van der Waals surface area contributed by atoms with Gasteiger partial charge in [-0.25, -0.2) is 0 Å². The van der Waals surface area contributed by atoms with Crippen molar-refractivity contribution in [3.8, 4) is 11.5 Å². The Morgan fingerprint density at radius 2 is 1.93 bits per heavy atom. The van der Waals surface area contributed by atoms with Crippen LogP contribution in [-0.4, -0.2) is 18.1 Å². The maximum atomic E-state index is 12.6. The number of fused-ring (bicyclic) bond motifs is 2. The summed E-state index contributed by atoms with van der Waals surface area (Å²) in [6.07, 6.45) is 5.47. The number of hydrogen-bond donors (Lipinski definition) is 1. The molecule has 0 fully saturated rings. The number of amides is 1. The second-order valence-corrected chi connectivity index (χ2v) is 8.65. The first-order valence-electron chi connectivity index (χ1n) is 10.2. The summed E-state index contributed by atoms with van der Waals surface area (Å²) in [6, 6.07) is 12.3. The molecule has 1 atom stereocenters. The molecule has 2 aliphatic rings. The van der Waals surface area contributed by atoms with Crippen LogP contribution in [0.15, 0.2) is 36.4 Å². The van der Waals surface area contributed by atoms with Crippen molar-refractivity contribution in [2.24, 2.45) is 0 Å². The molecule has 4 nitrogen and oxygen atoms in total. The third-order valence-corrected chi connectivity index (χ3v) is 5.65. The number of hydrogen-bond acceptors (Lipinski definition) is 3. The largest absolute Gasteiger partial charge is 0.487 e. The van der Waals surface area contributed by atoms with Crippen molar-refractivity contribution in [1.82, 2.24) is 5.32 Å². The Morgan fingerprint density at radius 3 is 2.75 bits per heavy atom. The number of benzene rings is 2. The summed E-state index contributed by atoms with van der Waals surface area (Å²) in [5.74, 6) is 1.52. The molecule has 148 valence electrons. The van der Waals surface area contributed by atoms with Gasteiger partial charge in [-0.3, -0.25) is 4.79 Å². The minimum absolute atomic E-state index is 0.0255. The molecule has 4 rings (SSSR count). The van der Waals surface area contributed by atoms with Gasteiger partial charge in [0.1, 0.15) is 17.1 Å². The molecule has 0 saturated carbocycles. The van der Waals surface area contributed by atoms with Gasteiger partial charge in [0.2, 0.25) is 0 Å². The van der Waals surface area contributed by atoms with E-state index in [-0.39, 0.29) is 24.2 Å². The molecule has 4 heteroatoms. The van der Waals surface area contributed by atoms with Gasteiger partial charge in [-0.15, -0.1) is 0 Å². The summed E-state index contributed by atoms with van der Waals surface area (Å²) in [5, 5.41) is 3.15. The molecule has 2 aromatic carbocycles. The molecule has 2 aromatic rings. The van der Waals surface area contributed by atoms with Gasteiger partial charge in [-0.2, -0.15) is 0 Å². The van der Waals surface area contributed by atoms with Crippen LogP contribution in [0.4, 0.5) is 0 Å². The van der Waals surface area contributed by atoms with Crippen molar-refractivity contribution in [1.29, 1.82) is 0 Å². The highest BCUT2D eigenvalue weighted by molar-refractivity contribution is 5.78. The molecule has 0 bridgehead atoms. The van der Waals surface area contributed by atoms with Gasteiger partial charge in [0.25, 0.3) is 5.91 Å². The van der Waals surface area contributed by atoms with Gasteiger partial charge in [-0.05, 0) is 75.8 Å². The Labute approximate surface area is 167 Å². The molecule has 1 aliphatic heterocycles. The molecule has 0 saturated heterocycles. The van der Waals surface area contributed by atoms with Crippen LogP contribution in [0.25, 0.3) is 0 Å². The zero-order chi connectivity index (χ0) is 19.7. The van der Waals surface area contributed by atoms with Crippen molar-refractivity contribution < 1.29 is 14.3 Å². The zero-order valence-corrected chi connectivity index (χ0v) is 17.0. The van der Waals surface area contributed by atoms with Gasteiger partial charge < -0.3 is 14.8 Å². The van der Waals surface area contributed by atoms with Crippen LogP contribution >= 0.6 is 0 Å². The van der Waals surface area contributed by atoms with Crippen molar-refractivity contribution >= 4 is 5.91 Å². The van der Waals surface area contributed by atoms with Crippen LogP contribution in [0, 0.1) is 6.92 Å². The minimum atomic E-state index is -0.320. The highest BCUT2D eigenvalue weighted by Crippen LogP contribution is 2.39. The predicted octanol–water partition coefficient (Wildman–Crippen LogP) is 4.67. The van der Waals surface area contributed by atoms with Crippen LogP contribution in [0.5, 0.6) is 11.5 Å². The number of carbonyl (C=O) groups excluding carboxylic acids is 1. The second kappa shape index (κ2) is 7.50. The SMILES string of the molecule is Cc1ccc2c(c1)[C@H](NC(=O)COc1ccc3c(c1)CCCC3)CC(C)(C)O2. The number of rotatable bonds is 4. The highest BCUT2D eigenvalue weighted by Gasteiger charge is 2.34. The van der Waals surface area contributed by atoms with Gasteiger partial charge in [0.15, 0.2) is 6.61 Å². The highest BCUT2D eigenvalue weighted by atomic mass is 16.5. The average Bonchev–Trinajstić information content (AvgIpc) is 2.66. The average molecular weight is 380 g/mol. The van der Waals surface area contributed by atoms with Gasteiger partial charge in [-0.1, -0.05) is 23.8 Å². The van der Waals surface area contributed by atoms with E-state index in [4.69, 9.17) is 9.47 Å². The Kier molecular flexibility index (Phi) is 5.05. The molecule has 0 radical (unpaired) electrons. The summed E-state index contributed by atoms with van der Waals surface area (Å²) in [7, 11) is 0. The fourth-order valence-electron chi connectivity index (χ4n) is 4.29. The third-order valence-electron chi connectivity index (χ3n) is 5.65. The first-order valence-corrected chi connectivity index (χ1v) is 10.2. The Hall–Kier alpha value is -2.49. The van der Waals surface area contributed by atoms with Crippen LogP contribution in [0.2, 0.25) is 0 Å². The summed E-state index contributed by atoms with van der Waals surface area (Å²) in [5.41, 5.74) is 4.66. The van der Waals surface area contributed by atoms with E-state index in [1.165, 1.54) is 24.0 Å². The second-order valence-electron chi connectivity index (χ2n) is 8.65. The summed E-state index contributed by atoms with van der Waals surface area (Å²) in [4.78, 5) is 12.6. The van der Waals surface area contributed by atoms with Crippen LogP contribution in [-0.2, 0) is 17.6 Å². The normalized spacial score (nSPS) is 19.8. The van der Waals surface area contributed by atoms with E-state index in [1.807, 2.05) is 18.2 Å². The topological polar surface area (TPSA) is 47.6 Å². The Bertz CT molecular complexity index is 887. The first-order chi connectivity index (χ1) is 13.4. The lowest BCUT2D eigenvalue weighted by Gasteiger charge is -2.38. The van der Waals surface area contributed by atoms with E-state index in [9.17, 15) is 4.79 Å². The molecule has 1 aliphatic carbocycles. The van der Waals surface area contributed by atoms with Gasteiger partial charge >= 0.3 is 0 Å². The summed E-state index contributed by atoms with van der Waals surface area (Å²) < 4.78 is 11.9. The van der Waals surface area contributed by atoms with Crippen molar-refractivity contribution in [3.05, 3.63) is 58.7 Å². The fraction of sp³-hybridized carbons (Fsp3) is 0.458. The van der Waals surface area contributed by atoms with Crippen LogP contribution < -0.4 is 14.8 Å². The molecule has 0 aromatic heterocycles. The van der Waals surface area contributed by atoms with E-state index in [1.54, 1.807) is 0 Å². The van der Waals surface area contributed by atoms with Crippen molar-refractivity contribution in [2.75, 3.05) is 6.61 Å². The molecule has 1 N–H and O–H groups in total. The van der Waals surface area contributed by atoms with Gasteiger partial charge in [0.05, 0.1) is 6.04 Å². The number of nitrogens with one attached hydrogen (secondary N) is 1. The fourth-order valence-corrected chi connectivity index (χ4v) is 4.29. The quantitative estimate of drug-likeness (QED) is 0.840. The van der Waals surface area contributed by atoms with Gasteiger partial charge in [0, 0.05) is 12.0 Å². The third kappa shape index (κ3) is 4.16. The summed E-state index contributed by atoms with van der Waals surface area (Å²) in [6.45, 7) is 6.19. The molecular weight excluding hydrogens is 350 g/mol. The predicted molar refractivity (Wildman–Crippen MR) is 110 cm³/mol. The van der Waals surface area contributed by atoms with Crippen LogP contribution in [0.3, 0.4) is 0 Å². The molecule has 1 heterocycles. The zero-order valence-electron chi connectivity index (χ0n) is 17.0. The smallest absolute Gasteiger partial charge is 0.258 e. The molecule has 1 amide bonds. The maximum absolute atomic E-state index is 12.6. The lowest BCUT2D eigenvalue weighted by molar-refractivity contribution is -0.124. The summed E-state index contributed by atoms with van der Waals surface area (Å²) >= 11 is 0. The van der Waals surface area contributed by atoms with Crippen LogP contribution in [0.1, 0.15) is 61.4 Å².